The first-order chi connectivity index (χ1) is 29.3. The lowest BCUT2D eigenvalue weighted by atomic mass is 9.73. The first-order valence-electron chi connectivity index (χ1n) is 22.3. The van der Waals surface area contributed by atoms with Gasteiger partial charge < -0.3 is 43.6 Å². The van der Waals surface area contributed by atoms with Crippen LogP contribution in [0, 0.1) is 23.7 Å². The molecule has 2 N–H and O–H groups in total. The molecule has 0 radical (unpaired) electrons. The molecule has 62 heavy (non-hydrogen) atoms. The highest BCUT2D eigenvalue weighted by Crippen LogP contribution is 2.43. The number of nitrogens with zero attached hydrogens (tertiary/aromatic N) is 5. The Kier molecular flexibility index (Phi) is 14.7. The fourth-order valence-electron chi connectivity index (χ4n) is 10.3. The quantitative estimate of drug-likeness (QED) is 0.135. The number of aliphatic hydroxyl groups excluding tert-OH is 1. The van der Waals surface area contributed by atoms with Gasteiger partial charge in [-0.25, -0.2) is 4.79 Å². The summed E-state index contributed by atoms with van der Waals surface area (Å²) in [7, 11) is 5.24. The zero-order valence-corrected chi connectivity index (χ0v) is 38.3. The van der Waals surface area contributed by atoms with Gasteiger partial charge >= 0.3 is 12.1 Å². The third kappa shape index (κ3) is 9.49. The lowest BCUT2D eigenvalue weighted by Gasteiger charge is -2.47. The zero-order chi connectivity index (χ0) is 45.3. The highest BCUT2D eigenvalue weighted by atomic mass is 16.7. The van der Waals surface area contributed by atoms with Gasteiger partial charge in [0.25, 0.3) is 0 Å². The number of Topliss-reactive ketones (excluding diaryl/α,β-unsaturated/α-hetero) is 2. The molecule has 1 aromatic carbocycles. The topological polar surface area (TPSA) is 188 Å². The summed E-state index contributed by atoms with van der Waals surface area (Å²) in [5.74, 6) is -5.00. The molecule has 0 bridgehead atoms. The van der Waals surface area contributed by atoms with E-state index in [1.807, 2.05) is 70.4 Å². The smallest absolute Gasteiger partial charge is 0.410 e. The van der Waals surface area contributed by atoms with Gasteiger partial charge in [-0.1, -0.05) is 51.1 Å². The van der Waals surface area contributed by atoms with Crippen LogP contribution in [0.15, 0.2) is 36.7 Å². The number of aromatic amines is 1. The summed E-state index contributed by atoms with van der Waals surface area (Å²) in [6, 6.07) is 7.04. The molecule has 1 amide bonds. The van der Waals surface area contributed by atoms with E-state index in [0.29, 0.717) is 32.2 Å². The van der Waals surface area contributed by atoms with E-state index in [-0.39, 0.29) is 37.3 Å². The molecule has 3 aromatic rings. The number of benzene rings is 1. The molecule has 2 aromatic heterocycles. The van der Waals surface area contributed by atoms with Crippen molar-refractivity contribution < 1.29 is 48.0 Å². The van der Waals surface area contributed by atoms with Crippen LogP contribution in [0.1, 0.15) is 98.8 Å². The maximum atomic E-state index is 14.8. The van der Waals surface area contributed by atoms with Crippen molar-refractivity contribution in [2.75, 3.05) is 27.7 Å². The number of methoxy groups -OCH3 is 1. The summed E-state index contributed by atoms with van der Waals surface area (Å²) in [6.07, 6.45) is 1.68. The van der Waals surface area contributed by atoms with Gasteiger partial charge in [-0.3, -0.25) is 19.1 Å². The molecule has 16 nitrogen and oxygen atoms in total. The number of nitrogens with one attached hydrogen (secondary N) is 1. The minimum absolute atomic E-state index is 0.124. The fraction of sp³-hybridized carbons (Fsp3) is 0.696. The number of hydrogen-bond donors (Lipinski definition) is 2. The third-order valence-electron chi connectivity index (χ3n) is 13.8. The monoisotopic (exact) mass is 864 g/mol. The molecule has 3 fully saturated rings. The highest BCUT2D eigenvalue weighted by Gasteiger charge is 2.60. The van der Waals surface area contributed by atoms with Gasteiger partial charge in [-0.05, 0) is 85.5 Å². The van der Waals surface area contributed by atoms with Crippen molar-refractivity contribution in [2.45, 2.75) is 154 Å². The van der Waals surface area contributed by atoms with Gasteiger partial charge in [0.2, 0.25) is 0 Å². The maximum absolute atomic E-state index is 14.8. The number of carbonyl (C=O) groups excluding carboxylic acids is 4. The van der Waals surface area contributed by atoms with E-state index in [0.717, 1.165) is 22.2 Å². The normalized spacial score (nSPS) is 35.2. The summed E-state index contributed by atoms with van der Waals surface area (Å²) in [4.78, 5) is 63.9. The average molecular weight is 865 g/mol. The van der Waals surface area contributed by atoms with Crippen LogP contribution in [-0.2, 0) is 51.0 Å². The number of H-pyrrole nitrogens is 1. The Morgan fingerprint density at radius 2 is 1.71 bits per heavy atom. The number of ether oxygens (including phenoxy) is 5. The van der Waals surface area contributed by atoms with Gasteiger partial charge in [-0.2, -0.15) is 0 Å². The lowest BCUT2D eigenvalue weighted by Crippen LogP contribution is -2.60. The Bertz CT molecular complexity index is 2050. The number of unbranched alkanes of at least 4 members (excludes halogenated alkanes) is 1. The minimum Gasteiger partial charge on any atom is -0.458 e. The number of rotatable bonds is 12. The summed E-state index contributed by atoms with van der Waals surface area (Å²) in [5.41, 5.74) is 0.359. The van der Waals surface area contributed by atoms with Crippen molar-refractivity contribution in [1.82, 2.24) is 29.8 Å². The molecule has 342 valence electrons. The van der Waals surface area contributed by atoms with E-state index in [4.69, 9.17) is 23.7 Å². The standard InChI is InChI=1S/C46H68N6O10/c1-12-36-46(8)40(52(44(57)62-46)20-16-15-19-51-25-32(48-49-51)22-31-24-47-34-18-14-13-17-33(31)34)28(4)37(53)26(2)23-45(7,58-11)41(29(5)38(54)30(6)42(56)60-36)61-43-39(55)35(50(9)10)21-27(3)59-43/h13-14,17-18,24-30,35-36,39-41,43,47,55H,12,15-16,19-23H2,1-11H3/t26-,27-,28+,29+,30-,35+,36-,39-,40-,41-,43+,45+,46-/m1/s1. The second-order valence-electron chi connectivity index (χ2n) is 18.6. The number of esters is 1. The molecule has 0 saturated carbocycles. The first-order valence-corrected chi connectivity index (χ1v) is 22.3. The fourth-order valence-corrected chi connectivity index (χ4v) is 10.3. The van der Waals surface area contributed by atoms with Crippen LogP contribution < -0.4 is 0 Å². The molecule has 0 aliphatic carbocycles. The second kappa shape index (κ2) is 19.3. The van der Waals surface area contributed by atoms with Gasteiger partial charge in [0.1, 0.15) is 23.9 Å². The summed E-state index contributed by atoms with van der Waals surface area (Å²) in [5, 5.41) is 21.4. The molecule has 6 rings (SSSR count). The number of amides is 1. The minimum atomic E-state index is -1.41. The zero-order valence-electron chi connectivity index (χ0n) is 38.3. The number of para-hydroxylation sites is 1. The van der Waals surface area contributed by atoms with E-state index >= 15 is 0 Å². The predicted octanol–water partition coefficient (Wildman–Crippen LogP) is 5.33. The molecule has 5 heterocycles. The van der Waals surface area contributed by atoms with Crippen LogP contribution in [0.2, 0.25) is 0 Å². The maximum Gasteiger partial charge on any atom is 0.410 e. The number of carbonyl (C=O) groups is 4. The van der Waals surface area contributed by atoms with Gasteiger partial charge in [0.15, 0.2) is 17.7 Å². The van der Waals surface area contributed by atoms with E-state index in [1.165, 1.54) is 14.0 Å². The molecule has 13 atom stereocenters. The van der Waals surface area contributed by atoms with E-state index in [1.54, 1.807) is 37.3 Å². The van der Waals surface area contributed by atoms with E-state index < -0.39 is 83.4 Å². The summed E-state index contributed by atoms with van der Waals surface area (Å²) >= 11 is 0. The SMILES string of the molecule is CC[C@H]1OC(=O)[C@H](C)C(=O)[C@H](C)[C@@H](O[C@@H]2O[C@H](C)C[C@H](N(C)C)[C@H]2O)[C@@](C)(OC)C[C@@H](C)C(=O)[C@H](C)[C@H]2N(CCCCn3cc(Cc4c[nH]c5ccccc45)nn3)C(=O)O[C@]12C. The Morgan fingerprint density at radius 1 is 1.00 bits per heavy atom. The number of hydrogen-bond acceptors (Lipinski definition) is 13. The molecule has 3 aliphatic heterocycles. The van der Waals surface area contributed by atoms with Gasteiger partial charge in [0, 0.05) is 73.7 Å². The summed E-state index contributed by atoms with van der Waals surface area (Å²) in [6.45, 7) is 14.8. The van der Waals surface area contributed by atoms with Gasteiger partial charge in [0.05, 0.1) is 29.5 Å². The largest absolute Gasteiger partial charge is 0.458 e. The van der Waals surface area contributed by atoms with Crippen LogP contribution in [-0.4, -0.2) is 140 Å². The Hall–Kier alpha value is -4.22. The van der Waals surface area contributed by atoms with Crippen molar-refractivity contribution in [1.29, 1.82) is 0 Å². The number of likely N-dealkylation sites (N-methyl/N-ethyl adjacent to an activating group) is 1. The van der Waals surface area contributed by atoms with E-state index in [2.05, 4.69) is 21.4 Å². The van der Waals surface area contributed by atoms with Crippen molar-refractivity contribution in [2.24, 2.45) is 23.7 Å². The molecule has 0 unspecified atom stereocenters. The van der Waals surface area contributed by atoms with Crippen LogP contribution in [0.25, 0.3) is 10.9 Å². The molecular formula is C46H68N6O10. The molecule has 0 spiro atoms. The van der Waals surface area contributed by atoms with Crippen LogP contribution >= 0.6 is 0 Å². The van der Waals surface area contributed by atoms with Crippen LogP contribution in [0.5, 0.6) is 0 Å². The van der Waals surface area contributed by atoms with Crippen molar-refractivity contribution in [3.8, 4) is 0 Å². The molecule has 16 heteroatoms. The number of ketones is 2. The Labute approximate surface area is 365 Å². The predicted molar refractivity (Wildman–Crippen MR) is 230 cm³/mol. The number of aromatic nitrogens is 4. The lowest BCUT2D eigenvalue weighted by molar-refractivity contribution is -0.295. The van der Waals surface area contributed by atoms with E-state index in [9.17, 15) is 24.3 Å². The number of cyclic esters (lactones) is 1. The third-order valence-corrected chi connectivity index (χ3v) is 13.8. The highest BCUT2D eigenvalue weighted by molar-refractivity contribution is 6.00. The second-order valence-corrected chi connectivity index (χ2v) is 18.6. The Morgan fingerprint density at radius 3 is 2.40 bits per heavy atom. The molecule has 3 aliphatic rings. The molecular weight excluding hydrogens is 797 g/mol. The first kappa shape index (κ1) is 47.3. The number of aliphatic hydroxyl groups is 1. The summed E-state index contributed by atoms with van der Waals surface area (Å²) < 4.78 is 33.1. The van der Waals surface area contributed by atoms with Crippen molar-refractivity contribution in [3.05, 3.63) is 47.9 Å². The Balaban J connectivity index is 1.23. The number of fused-ring (bicyclic) bond motifs is 2. The van der Waals surface area contributed by atoms with Crippen molar-refractivity contribution >= 4 is 34.5 Å². The number of aryl methyl sites for hydroxylation is 1. The molecule has 3 saturated heterocycles. The average Bonchev–Trinajstić information content (AvgIpc) is 3.94. The van der Waals surface area contributed by atoms with Crippen LogP contribution in [0.3, 0.4) is 0 Å². The van der Waals surface area contributed by atoms with Crippen LogP contribution in [0.4, 0.5) is 4.79 Å². The van der Waals surface area contributed by atoms with Crippen molar-refractivity contribution in [3.63, 3.8) is 0 Å². The van der Waals surface area contributed by atoms with Gasteiger partial charge in [-0.15, -0.1) is 5.10 Å².